The van der Waals surface area contributed by atoms with Crippen LogP contribution in [0.5, 0.6) is 11.5 Å². The predicted octanol–water partition coefficient (Wildman–Crippen LogP) is 6.82. The number of para-hydroxylation sites is 1. The molecule has 2 heterocycles. The highest BCUT2D eigenvalue weighted by atomic mass is 16.5. The van der Waals surface area contributed by atoms with E-state index in [9.17, 15) is 4.79 Å². The molecule has 4 aromatic rings. The average molecular weight is 447 g/mol. The Hall–Kier alpha value is -3.85. The molecule has 0 aromatic heterocycles. The molecule has 2 unspecified atom stereocenters. The van der Waals surface area contributed by atoms with Gasteiger partial charge in [0.15, 0.2) is 5.78 Å². The minimum atomic E-state index is -0.297. The number of ether oxygens (including phenoxy) is 2. The van der Waals surface area contributed by atoms with E-state index in [-0.39, 0.29) is 17.8 Å². The Kier molecular flexibility index (Phi) is 5.18. The molecule has 0 bridgehead atoms. The first-order valence-corrected chi connectivity index (χ1v) is 11.9. The van der Waals surface area contributed by atoms with E-state index in [0.29, 0.717) is 23.8 Å². The molecular weight excluding hydrogens is 420 g/mol. The van der Waals surface area contributed by atoms with Crippen LogP contribution in [0.15, 0.2) is 97.1 Å². The van der Waals surface area contributed by atoms with E-state index in [2.05, 4.69) is 36.4 Å². The maximum absolute atomic E-state index is 13.5. The molecule has 34 heavy (non-hydrogen) atoms. The van der Waals surface area contributed by atoms with Crippen LogP contribution in [0.2, 0.25) is 0 Å². The van der Waals surface area contributed by atoms with Gasteiger partial charge in [0, 0.05) is 5.92 Å². The molecule has 0 N–H and O–H groups in total. The van der Waals surface area contributed by atoms with Gasteiger partial charge in [0.2, 0.25) is 0 Å². The minimum absolute atomic E-state index is 0.121. The Labute approximate surface area is 200 Å². The maximum atomic E-state index is 13.5. The van der Waals surface area contributed by atoms with Crippen molar-refractivity contribution in [3.8, 4) is 22.6 Å². The van der Waals surface area contributed by atoms with E-state index in [0.717, 1.165) is 28.9 Å². The van der Waals surface area contributed by atoms with Crippen molar-refractivity contribution in [2.24, 2.45) is 0 Å². The number of ketones is 1. The first kappa shape index (κ1) is 20.7. The summed E-state index contributed by atoms with van der Waals surface area (Å²) in [4.78, 5) is 13.5. The van der Waals surface area contributed by atoms with Gasteiger partial charge in [-0.1, -0.05) is 78.9 Å². The van der Waals surface area contributed by atoms with Gasteiger partial charge in [-0.2, -0.15) is 0 Å². The SMILES string of the molecule is C[C@H]1Oc2ccc(-c3cccc(C4COc5ccccc5C4)c3)cc2C(=O)C1c1ccccc1. The number of rotatable bonds is 3. The number of carbonyl (C=O) groups is 1. The van der Waals surface area contributed by atoms with Crippen molar-refractivity contribution >= 4 is 5.78 Å². The van der Waals surface area contributed by atoms with Crippen LogP contribution in [-0.4, -0.2) is 18.5 Å². The summed E-state index contributed by atoms with van der Waals surface area (Å²) in [6.07, 6.45) is 0.762. The highest BCUT2D eigenvalue weighted by molar-refractivity contribution is 6.05. The summed E-state index contributed by atoms with van der Waals surface area (Å²) in [5, 5.41) is 0. The van der Waals surface area contributed by atoms with Crippen LogP contribution in [0.4, 0.5) is 0 Å². The Bertz CT molecular complexity index is 1360. The van der Waals surface area contributed by atoms with Crippen LogP contribution in [0.1, 0.15) is 45.8 Å². The molecule has 3 heteroatoms. The second kappa shape index (κ2) is 8.49. The molecule has 6 rings (SSSR count). The summed E-state index contributed by atoms with van der Waals surface area (Å²) in [7, 11) is 0. The molecule has 3 nitrogen and oxygen atoms in total. The first-order chi connectivity index (χ1) is 16.7. The number of fused-ring (bicyclic) bond motifs is 2. The zero-order valence-electron chi connectivity index (χ0n) is 19.1. The largest absolute Gasteiger partial charge is 0.493 e. The quantitative estimate of drug-likeness (QED) is 0.346. The van der Waals surface area contributed by atoms with Gasteiger partial charge in [-0.05, 0) is 59.4 Å². The molecule has 2 aliphatic heterocycles. The lowest BCUT2D eigenvalue weighted by molar-refractivity contribution is 0.0810. The third kappa shape index (κ3) is 3.67. The standard InChI is InChI=1S/C31H26O3/c1-20-30(21-8-3-2-4-9-21)31(32)27-18-24(14-15-29(27)34-20)22-11-7-12-23(16-22)26-17-25-10-5-6-13-28(25)33-19-26/h2-16,18,20,26,30H,17,19H2,1H3/t20-,26?,30?/m1/s1. The summed E-state index contributed by atoms with van der Waals surface area (Å²) in [5.41, 5.74) is 6.28. The molecule has 0 saturated heterocycles. The molecule has 168 valence electrons. The van der Waals surface area contributed by atoms with Gasteiger partial charge in [-0.25, -0.2) is 0 Å². The lowest BCUT2D eigenvalue weighted by atomic mass is 9.83. The van der Waals surface area contributed by atoms with Gasteiger partial charge in [0.05, 0.1) is 18.1 Å². The van der Waals surface area contributed by atoms with Gasteiger partial charge in [0.25, 0.3) is 0 Å². The predicted molar refractivity (Wildman–Crippen MR) is 134 cm³/mol. The fourth-order valence-electron chi connectivity index (χ4n) is 5.25. The maximum Gasteiger partial charge on any atom is 0.177 e. The number of Topliss-reactive ketones (excluding diaryl/α,β-unsaturated/α-hetero) is 1. The van der Waals surface area contributed by atoms with Crippen LogP contribution in [0.25, 0.3) is 11.1 Å². The van der Waals surface area contributed by atoms with Crippen LogP contribution in [0.3, 0.4) is 0 Å². The third-order valence-corrected chi connectivity index (χ3v) is 7.04. The van der Waals surface area contributed by atoms with E-state index >= 15 is 0 Å². The van der Waals surface area contributed by atoms with Crippen molar-refractivity contribution in [2.75, 3.05) is 6.61 Å². The zero-order chi connectivity index (χ0) is 23.1. The van der Waals surface area contributed by atoms with E-state index in [4.69, 9.17) is 9.47 Å². The van der Waals surface area contributed by atoms with Crippen LogP contribution in [0, 0.1) is 0 Å². The number of carbonyl (C=O) groups excluding carboxylic acids is 1. The van der Waals surface area contributed by atoms with E-state index in [1.54, 1.807) is 0 Å². The number of hydrogen-bond donors (Lipinski definition) is 0. The number of hydrogen-bond acceptors (Lipinski definition) is 3. The minimum Gasteiger partial charge on any atom is -0.493 e. The summed E-state index contributed by atoms with van der Waals surface area (Å²) in [6, 6.07) is 32.8. The van der Waals surface area contributed by atoms with E-state index < -0.39 is 0 Å². The van der Waals surface area contributed by atoms with E-state index in [1.165, 1.54) is 11.1 Å². The molecule has 0 fully saturated rings. The molecule has 0 amide bonds. The van der Waals surface area contributed by atoms with Gasteiger partial charge >= 0.3 is 0 Å². The van der Waals surface area contributed by atoms with E-state index in [1.807, 2.05) is 67.6 Å². The Morgan fingerprint density at radius 2 is 1.50 bits per heavy atom. The van der Waals surface area contributed by atoms with Crippen molar-refractivity contribution < 1.29 is 14.3 Å². The average Bonchev–Trinajstić information content (AvgIpc) is 2.89. The molecule has 0 saturated carbocycles. The monoisotopic (exact) mass is 446 g/mol. The molecule has 2 aliphatic rings. The van der Waals surface area contributed by atoms with Crippen molar-refractivity contribution in [1.29, 1.82) is 0 Å². The van der Waals surface area contributed by atoms with Gasteiger partial charge in [-0.15, -0.1) is 0 Å². The summed E-state index contributed by atoms with van der Waals surface area (Å²) >= 11 is 0. The summed E-state index contributed by atoms with van der Waals surface area (Å²) in [5.74, 6) is 1.79. The van der Waals surface area contributed by atoms with Gasteiger partial charge in [0.1, 0.15) is 17.6 Å². The number of benzene rings is 4. The van der Waals surface area contributed by atoms with Crippen molar-refractivity contribution in [3.05, 3.63) is 119 Å². The fourth-order valence-corrected chi connectivity index (χ4v) is 5.25. The molecule has 0 aliphatic carbocycles. The Morgan fingerprint density at radius 3 is 2.38 bits per heavy atom. The molecule has 0 spiro atoms. The summed E-state index contributed by atoms with van der Waals surface area (Å²) in [6.45, 7) is 2.65. The second-order valence-electron chi connectivity index (χ2n) is 9.23. The highest BCUT2D eigenvalue weighted by Gasteiger charge is 2.36. The van der Waals surface area contributed by atoms with Crippen LogP contribution in [-0.2, 0) is 6.42 Å². The van der Waals surface area contributed by atoms with Crippen LogP contribution < -0.4 is 9.47 Å². The second-order valence-corrected chi connectivity index (χ2v) is 9.23. The third-order valence-electron chi connectivity index (χ3n) is 7.04. The smallest absolute Gasteiger partial charge is 0.177 e. The van der Waals surface area contributed by atoms with Gasteiger partial charge in [-0.3, -0.25) is 4.79 Å². The lowest BCUT2D eigenvalue weighted by Gasteiger charge is -2.31. The molecule has 3 atom stereocenters. The van der Waals surface area contributed by atoms with Gasteiger partial charge < -0.3 is 9.47 Å². The lowest BCUT2D eigenvalue weighted by Crippen LogP contribution is -2.33. The normalized spacial score (nSPS) is 21.1. The van der Waals surface area contributed by atoms with Crippen molar-refractivity contribution in [2.45, 2.75) is 31.3 Å². The van der Waals surface area contributed by atoms with Crippen LogP contribution >= 0.6 is 0 Å². The molecule has 4 aromatic carbocycles. The topological polar surface area (TPSA) is 35.5 Å². The molecule has 0 radical (unpaired) electrons. The summed E-state index contributed by atoms with van der Waals surface area (Å²) < 4.78 is 12.2. The van der Waals surface area contributed by atoms with Crippen molar-refractivity contribution in [1.82, 2.24) is 0 Å². The first-order valence-electron chi connectivity index (χ1n) is 11.9. The zero-order valence-corrected chi connectivity index (χ0v) is 19.1. The molecular formula is C31H26O3. The Balaban J connectivity index is 1.32. The highest BCUT2D eigenvalue weighted by Crippen LogP contribution is 2.39. The fraction of sp³-hybridized carbons (Fsp3) is 0.194. The van der Waals surface area contributed by atoms with Crippen molar-refractivity contribution in [3.63, 3.8) is 0 Å². The Morgan fingerprint density at radius 1 is 0.735 bits per heavy atom.